The molecule has 16 aromatic rings. The first-order valence-corrected chi connectivity index (χ1v) is 26.4. The summed E-state index contributed by atoms with van der Waals surface area (Å²) in [6.45, 7) is 0. The summed E-state index contributed by atoms with van der Waals surface area (Å²) >= 11 is 0. The van der Waals surface area contributed by atoms with Crippen LogP contribution in [0.1, 0.15) is 0 Å². The van der Waals surface area contributed by atoms with Crippen LogP contribution < -0.4 is 0 Å². The van der Waals surface area contributed by atoms with Crippen molar-refractivity contribution in [1.82, 2.24) is 4.57 Å². The van der Waals surface area contributed by atoms with Gasteiger partial charge in [-0.3, -0.25) is 0 Å². The second kappa shape index (κ2) is 17.2. The fourth-order valence-corrected chi connectivity index (χ4v) is 12.5. The first-order chi connectivity index (χ1) is 38.2. The zero-order valence-corrected chi connectivity index (χ0v) is 41.7. The lowest BCUT2D eigenvalue weighted by atomic mass is 9.86. The number of hydrogen-bond donors (Lipinski definition) is 0. The minimum Gasteiger partial charge on any atom is -0.455 e. The van der Waals surface area contributed by atoms with Gasteiger partial charge in [0.05, 0.1) is 11.0 Å². The van der Waals surface area contributed by atoms with Gasteiger partial charge in [0.1, 0.15) is 22.3 Å². The maximum absolute atomic E-state index is 7.00. The van der Waals surface area contributed by atoms with Crippen molar-refractivity contribution in [3.05, 3.63) is 273 Å². The van der Waals surface area contributed by atoms with Crippen LogP contribution in [0, 0.1) is 0 Å². The van der Waals surface area contributed by atoms with Gasteiger partial charge in [-0.1, -0.05) is 249 Å². The van der Waals surface area contributed by atoms with Crippen LogP contribution in [0.3, 0.4) is 0 Å². The zero-order valence-electron chi connectivity index (χ0n) is 41.7. The molecule has 0 saturated heterocycles. The molecule has 0 spiro atoms. The Morgan fingerprint density at radius 2 is 0.506 bits per heavy atom. The van der Waals surface area contributed by atoms with E-state index in [-0.39, 0.29) is 0 Å². The molecule has 3 aromatic heterocycles. The molecule has 3 nitrogen and oxygen atoms in total. The Morgan fingerprint density at radius 3 is 0.883 bits per heavy atom. The van der Waals surface area contributed by atoms with Gasteiger partial charge < -0.3 is 13.4 Å². The van der Waals surface area contributed by atoms with Gasteiger partial charge in [-0.05, 0) is 90.3 Å². The summed E-state index contributed by atoms with van der Waals surface area (Å²) in [5.41, 5.74) is 20.4. The highest BCUT2D eigenvalue weighted by atomic mass is 16.3. The quantitative estimate of drug-likeness (QED) is 0.149. The Morgan fingerprint density at radius 1 is 0.208 bits per heavy atom. The summed E-state index contributed by atoms with van der Waals surface area (Å²) in [6.07, 6.45) is 0. The number of para-hydroxylation sites is 4. The van der Waals surface area contributed by atoms with E-state index in [1.54, 1.807) is 0 Å². The number of rotatable bonds is 7. The van der Waals surface area contributed by atoms with Crippen LogP contribution in [-0.2, 0) is 0 Å². The van der Waals surface area contributed by atoms with Crippen molar-refractivity contribution in [2.75, 3.05) is 0 Å². The Hall–Kier alpha value is -10.2. The van der Waals surface area contributed by atoms with Gasteiger partial charge in [-0.15, -0.1) is 0 Å². The lowest BCUT2D eigenvalue weighted by Crippen LogP contribution is -1.95. The third-order valence-electron chi connectivity index (χ3n) is 16.0. The Bertz CT molecular complexity index is 4730. The van der Waals surface area contributed by atoms with Crippen LogP contribution in [0.5, 0.6) is 0 Å². The summed E-state index contributed by atoms with van der Waals surface area (Å²) in [5.74, 6) is 0. The van der Waals surface area contributed by atoms with Crippen molar-refractivity contribution in [2.24, 2.45) is 0 Å². The van der Waals surface area contributed by atoms with Crippen molar-refractivity contribution < 1.29 is 8.83 Å². The van der Waals surface area contributed by atoms with Crippen molar-refractivity contribution >= 4 is 87.2 Å². The second-order valence-corrected chi connectivity index (χ2v) is 20.2. The fourth-order valence-electron chi connectivity index (χ4n) is 12.5. The Kier molecular flexibility index (Phi) is 9.64. The minimum absolute atomic E-state index is 0.881. The molecule has 0 radical (unpaired) electrons. The van der Waals surface area contributed by atoms with E-state index < -0.39 is 0 Å². The van der Waals surface area contributed by atoms with Crippen molar-refractivity contribution in [1.29, 1.82) is 0 Å². The molecule has 0 fully saturated rings. The molecular weight excluding hydrogens is 935 g/mol. The lowest BCUT2D eigenvalue weighted by molar-refractivity contribution is 0.670. The third-order valence-corrected chi connectivity index (χ3v) is 16.0. The van der Waals surface area contributed by atoms with Gasteiger partial charge in [0.2, 0.25) is 0 Å². The molecule has 0 unspecified atom stereocenters. The fraction of sp³-hybridized carbons (Fsp3) is 0. The van der Waals surface area contributed by atoms with Crippen LogP contribution in [0.4, 0.5) is 0 Å². The topological polar surface area (TPSA) is 31.2 Å². The molecule has 16 rings (SSSR count). The SMILES string of the molecule is c1ccc(-c2c3ccccc3c(-c3ccc(-n4c5cc(-c6cccc7c6oc6c(-c8ccccc8)cccc67)ccc5c5ccc(-c6cccc7c6oc6c(-c8ccccc8)cccc67)cc54)cc3)c3ccccc23)cc1. The molecule has 3 heterocycles. The van der Waals surface area contributed by atoms with Crippen molar-refractivity contribution in [2.45, 2.75) is 0 Å². The highest BCUT2D eigenvalue weighted by Crippen LogP contribution is 2.47. The molecule has 358 valence electrons. The second-order valence-electron chi connectivity index (χ2n) is 20.2. The average Bonchev–Trinajstić information content (AvgIpc) is 4.27. The Balaban J connectivity index is 0.912. The van der Waals surface area contributed by atoms with Crippen LogP contribution in [0.15, 0.2) is 282 Å². The van der Waals surface area contributed by atoms with Crippen molar-refractivity contribution in [3.63, 3.8) is 0 Å². The molecule has 3 heteroatoms. The molecule has 0 aliphatic carbocycles. The van der Waals surface area contributed by atoms with Gasteiger partial charge in [0.25, 0.3) is 0 Å². The van der Waals surface area contributed by atoms with Gasteiger partial charge in [-0.2, -0.15) is 0 Å². The van der Waals surface area contributed by atoms with E-state index in [1.807, 2.05) is 0 Å². The highest BCUT2D eigenvalue weighted by Gasteiger charge is 2.22. The van der Waals surface area contributed by atoms with Gasteiger partial charge in [-0.25, -0.2) is 0 Å². The minimum atomic E-state index is 0.881. The summed E-state index contributed by atoms with van der Waals surface area (Å²) in [4.78, 5) is 0. The maximum Gasteiger partial charge on any atom is 0.143 e. The van der Waals surface area contributed by atoms with E-state index in [4.69, 9.17) is 8.83 Å². The highest BCUT2D eigenvalue weighted by molar-refractivity contribution is 6.22. The van der Waals surface area contributed by atoms with E-state index in [2.05, 4.69) is 278 Å². The third kappa shape index (κ3) is 6.70. The average molecular weight is 980 g/mol. The van der Waals surface area contributed by atoms with Crippen LogP contribution in [0.25, 0.3) is 160 Å². The van der Waals surface area contributed by atoms with Crippen molar-refractivity contribution in [3.8, 4) is 72.4 Å². The molecule has 13 aromatic carbocycles. The van der Waals surface area contributed by atoms with E-state index in [1.165, 1.54) is 54.6 Å². The zero-order chi connectivity index (χ0) is 50.6. The molecule has 77 heavy (non-hydrogen) atoms. The number of nitrogens with zero attached hydrogens (tertiary/aromatic N) is 1. The summed E-state index contributed by atoms with van der Waals surface area (Å²) in [5, 5.41) is 11.7. The number of fused-ring (bicyclic) bond motifs is 11. The summed E-state index contributed by atoms with van der Waals surface area (Å²) < 4.78 is 16.4. The number of aromatic nitrogens is 1. The standard InChI is InChI=1S/C74H45NO2/c1-4-18-46(19-5-1)53-28-14-32-63-65-34-16-30-55(73(65)76-71(53)63)50-38-42-57-58-43-39-51(56-31-17-35-66-64-33-15-29-54(72(64)77-74(56)66)47-20-6-2-7-21-47)45-68(58)75(67(57)44-50)52-40-36-49(37-41-52)70-61-26-12-10-24-59(61)69(48-22-8-3-9-23-48)60-25-11-13-27-62(60)70/h1-45H. The molecule has 0 aliphatic heterocycles. The monoisotopic (exact) mass is 979 g/mol. The molecule has 0 aliphatic rings. The predicted octanol–water partition coefficient (Wildman–Crippen LogP) is 20.9. The number of benzene rings is 13. The summed E-state index contributed by atoms with van der Waals surface area (Å²) in [7, 11) is 0. The first-order valence-electron chi connectivity index (χ1n) is 26.4. The first kappa shape index (κ1) is 43.2. The molecule has 0 amide bonds. The van der Waals surface area contributed by atoms with Crippen LogP contribution in [0.2, 0.25) is 0 Å². The Labute approximate surface area is 443 Å². The van der Waals surface area contributed by atoms with Crippen LogP contribution >= 0.6 is 0 Å². The smallest absolute Gasteiger partial charge is 0.143 e. The molecule has 0 bridgehead atoms. The molecular formula is C74H45NO2. The predicted molar refractivity (Wildman–Crippen MR) is 323 cm³/mol. The summed E-state index contributed by atoms with van der Waals surface area (Å²) in [6, 6.07) is 98.7. The molecule has 0 N–H and O–H groups in total. The van der Waals surface area contributed by atoms with E-state index in [0.29, 0.717) is 0 Å². The number of furan rings is 2. The normalized spacial score (nSPS) is 11.9. The van der Waals surface area contributed by atoms with Gasteiger partial charge in [0.15, 0.2) is 0 Å². The lowest BCUT2D eigenvalue weighted by Gasteiger charge is -2.18. The van der Waals surface area contributed by atoms with E-state index >= 15 is 0 Å². The van der Waals surface area contributed by atoms with E-state index in [0.717, 1.165) is 105 Å². The molecule has 0 saturated carbocycles. The van der Waals surface area contributed by atoms with Gasteiger partial charge in [0, 0.05) is 60.3 Å². The maximum atomic E-state index is 7.00. The van der Waals surface area contributed by atoms with Crippen LogP contribution in [-0.4, -0.2) is 4.57 Å². The number of hydrogen-bond acceptors (Lipinski definition) is 2. The largest absolute Gasteiger partial charge is 0.455 e. The van der Waals surface area contributed by atoms with Gasteiger partial charge >= 0.3 is 0 Å². The molecule has 0 atom stereocenters. The van der Waals surface area contributed by atoms with E-state index in [9.17, 15) is 0 Å².